The highest BCUT2D eigenvalue weighted by molar-refractivity contribution is 7.16. The third-order valence-corrected chi connectivity index (χ3v) is 4.70. The lowest BCUT2D eigenvalue weighted by atomic mass is 10.3. The molecule has 2 aromatic heterocycles. The number of hydrogen-bond acceptors (Lipinski definition) is 5. The molecule has 1 N–H and O–H groups in total. The number of thiophene rings is 1. The Kier molecular flexibility index (Phi) is 4.71. The standard InChI is InChI=1S/C15H18N4O3S/c20-12(16-5-3-13(21)18-6-1-2-7-18)9-19-10-17-14-11(15(19)22)4-8-23-14/h4,8,10H,1-3,5-7,9H2,(H,16,20). The molecule has 0 atom stereocenters. The van der Waals surface area contributed by atoms with E-state index in [0.29, 0.717) is 16.6 Å². The fraction of sp³-hybridized carbons (Fsp3) is 0.467. The van der Waals surface area contributed by atoms with E-state index in [1.54, 1.807) is 11.4 Å². The van der Waals surface area contributed by atoms with Gasteiger partial charge in [-0.05, 0) is 24.3 Å². The van der Waals surface area contributed by atoms with Crippen LogP contribution in [0.4, 0.5) is 0 Å². The van der Waals surface area contributed by atoms with Crippen LogP contribution in [0.5, 0.6) is 0 Å². The summed E-state index contributed by atoms with van der Waals surface area (Å²) in [7, 11) is 0. The smallest absolute Gasteiger partial charge is 0.262 e. The first-order valence-electron chi connectivity index (χ1n) is 7.62. The van der Waals surface area contributed by atoms with Gasteiger partial charge in [0.05, 0.1) is 11.7 Å². The molecule has 1 aliphatic heterocycles. The molecular formula is C15H18N4O3S. The monoisotopic (exact) mass is 334 g/mol. The minimum atomic E-state index is -0.294. The van der Waals surface area contributed by atoms with Gasteiger partial charge in [-0.1, -0.05) is 0 Å². The number of fused-ring (bicyclic) bond motifs is 1. The SMILES string of the molecule is O=C(Cn1cnc2sccc2c1=O)NCCC(=O)N1CCCC1. The minimum Gasteiger partial charge on any atom is -0.354 e. The van der Waals surface area contributed by atoms with Crippen molar-refractivity contribution in [1.29, 1.82) is 0 Å². The Morgan fingerprint density at radius 2 is 2.09 bits per heavy atom. The molecule has 122 valence electrons. The average Bonchev–Trinajstić information content (AvgIpc) is 3.21. The van der Waals surface area contributed by atoms with Crippen LogP contribution in [0.2, 0.25) is 0 Å². The molecule has 0 bridgehead atoms. The molecule has 1 saturated heterocycles. The van der Waals surface area contributed by atoms with Crippen LogP contribution < -0.4 is 10.9 Å². The van der Waals surface area contributed by atoms with Crippen LogP contribution >= 0.6 is 11.3 Å². The maximum absolute atomic E-state index is 12.2. The van der Waals surface area contributed by atoms with Gasteiger partial charge in [0.25, 0.3) is 5.56 Å². The van der Waals surface area contributed by atoms with Crippen LogP contribution in [0.15, 0.2) is 22.6 Å². The average molecular weight is 334 g/mol. The van der Waals surface area contributed by atoms with Crippen LogP contribution in [0.1, 0.15) is 19.3 Å². The largest absolute Gasteiger partial charge is 0.354 e. The normalized spacial score (nSPS) is 14.3. The molecule has 0 spiro atoms. The quantitative estimate of drug-likeness (QED) is 0.867. The topological polar surface area (TPSA) is 84.3 Å². The number of rotatable bonds is 5. The Morgan fingerprint density at radius 1 is 1.30 bits per heavy atom. The molecule has 0 unspecified atom stereocenters. The summed E-state index contributed by atoms with van der Waals surface area (Å²) >= 11 is 1.39. The summed E-state index contributed by atoms with van der Waals surface area (Å²) in [6.45, 7) is 1.83. The zero-order chi connectivity index (χ0) is 16.2. The van der Waals surface area contributed by atoms with E-state index in [1.807, 2.05) is 4.90 Å². The van der Waals surface area contributed by atoms with Crippen molar-refractivity contribution >= 4 is 33.4 Å². The van der Waals surface area contributed by atoms with Crippen LogP contribution in [-0.4, -0.2) is 45.9 Å². The summed E-state index contributed by atoms with van der Waals surface area (Å²) in [6.07, 6.45) is 3.79. The summed E-state index contributed by atoms with van der Waals surface area (Å²) in [6, 6.07) is 1.71. The van der Waals surface area contributed by atoms with Gasteiger partial charge in [-0.2, -0.15) is 0 Å². The van der Waals surface area contributed by atoms with E-state index in [0.717, 1.165) is 25.9 Å². The Balaban J connectivity index is 1.51. The second kappa shape index (κ2) is 6.91. The second-order valence-electron chi connectivity index (χ2n) is 5.50. The van der Waals surface area contributed by atoms with Gasteiger partial charge in [0, 0.05) is 26.1 Å². The number of nitrogens with one attached hydrogen (secondary N) is 1. The van der Waals surface area contributed by atoms with Crippen molar-refractivity contribution in [3.8, 4) is 0 Å². The Bertz CT molecular complexity index is 776. The van der Waals surface area contributed by atoms with Crippen molar-refractivity contribution in [3.63, 3.8) is 0 Å². The van der Waals surface area contributed by atoms with E-state index < -0.39 is 0 Å². The molecule has 2 amide bonds. The fourth-order valence-electron chi connectivity index (χ4n) is 2.65. The van der Waals surface area contributed by atoms with Crippen LogP contribution in [0, 0.1) is 0 Å². The Morgan fingerprint density at radius 3 is 2.87 bits per heavy atom. The van der Waals surface area contributed by atoms with Gasteiger partial charge in [0.15, 0.2) is 0 Å². The molecule has 7 nitrogen and oxygen atoms in total. The highest BCUT2D eigenvalue weighted by atomic mass is 32.1. The number of nitrogens with zero attached hydrogens (tertiary/aromatic N) is 3. The number of carbonyl (C=O) groups is 2. The number of aromatic nitrogens is 2. The first-order chi connectivity index (χ1) is 11.1. The molecule has 1 aliphatic rings. The van der Waals surface area contributed by atoms with Gasteiger partial charge in [-0.3, -0.25) is 19.0 Å². The molecule has 0 saturated carbocycles. The van der Waals surface area contributed by atoms with E-state index in [2.05, 4.69) is 10.3 Å². The van der Waals surface area contributed by atoms with Crippen LogP contribution in [-0.2, 0) is 16.1 Å². The van der Waals surface area contributed by atoms with Crippen molar-refractivity contribution in [2.45, 2.75) is 25.8 Å². The van der Waals surface area contributed by atoms with Crippen LogP contribution in [0.3, 0.4) is 0 Å². The maximum Gasteiger partial charge on any atom is 0.262 e. The Hall–Kier alpha value is -2.22. The van der Waals surface area contributed by atoms with Crippen molar-refractivity contribution < 1.29 is 9.59 Å². The first-order valence-corrected chi connectivity index (χ1v) is 8.50. The lowest BCUT2D eigenvalue weighted by Gasteiger charge is -2.15. The molecule has 3 heterocycles. The van der Waals surface area contributed by atoms with E-state index in [1.165, 1.54) is 22.2 Å². The van der Waals surface area contributed by atoms with E-state index in [9.17, 15) is 14.4 Å². The molecule has 0 radical (unpaired) electrons. The van der Waals surface area contributed by atoms with Gasteiger partial charge in [0.1, 0.15) is 11.4 Å². The summed E-state index contributed by atoms with van der Waals surface area (Å²) in [4.78, 5) is 42.6. The molecule has 0 aliphatic carbocycles. The summed E-state index contributed by atoms with van der Waals surface area (Å²) in [5.41, 5.74) is -0.223. The molecule has 3 rings (SSSR count). The molecular weight excluding hydrogens is 316 g/mol. The molecule has 1 fully saturated rings. The van der Waals surface area contributed by atoms with Gasteiger partial charge in [-0.25, -0.2) is 4.98 Å². The van der Waals surface area contributed by atoms with Gasteiger partial charge >= 0.3 is 0 Å². The lowest BCUT2D eigenvalue weighted by molar-refractivity contribution is -0.130. The van der Waals surface area contributed by atoms with Gasteiger partial charge in [-0.15, -0.1) is 11.3 Å². The summed E-state index contributed by atoms with van der Waals surface area (Å²) in [5, 5.41) is 5.01. The number of hydrogen-bond donors (Lipinski definition) is 1. The van der Waals surface area contributed by atoms with Crippen molar-refractivity contribution in [2.75, 3.05) is 19.6 Å². The molecule has 2 aromatic rings. The predicted octanol–water partition coefficient (Wildman–Crippen LogP) is 0.587. The van der Waals surface area contributed by atoms with Crippen LogP contribution in [0.25, 0.3) is 10.2 Å². The first kappa shape index (κ1) is 15.7. The number of carbonyl (C=O) groups excluding carboxylic acids is 2. The fourth-order valence-corrected chi connectivity index (χ4v) is 3.37. The van der Waals surface area contributed by atoms with E-state index >= 15 is 0 Å². The second-order valence-corrected chi connectivity index (χ2v) is 6.40. The molecule has 8 heteroatoms. The lowest BCUT2D eigenvalue weighted by Crippen LogP contribution is -2.35. The van der Waals surface area contributed by atoms with E-state index in [4.69, 9.17) is 0 Å². The van der Waals surface area contributed by atoms with Gasteiger partial charge in [0.2, 0.25) is 11.8 Å². The number of amides is 2. The third-order valence-electron chi connectivity index (χ3n) is 3.88. The predicted molar refractivity (Wildman–Crippen MR) is 87.3 cm³/mol. The van der Waals surface area contributed by atoms with Gasteiger partial charge < -0.3 is 10.2 Å². The molecule has 0 aromatic carbocycles. The Labute approximate surface area is 136 Å². The summed E-state index contributed by atoms with van der Waals surface area (Å²) < 4.78 is 1.28. The zero-order valence-corrected chi connectivity index (χ0v) is 13.5. The van der Waals surface area contributed by atoms with Crippen molar-refractivity contribution in [1.82, 2.24) is 19.8 Å². The van der Waals surface area contributed by atoms with E-state index in [-0.39, 0.29) is 30.5 Å². The maximum atomic E-state index is 12.2. The highest BCUT2D eigenvalue weighted by Gasteiger charge is 2.17. The highest BCUT2D eigenvalue weighted by Crippen LogP contribution is 2.13. The van der Waals surface area contributed by atoms with Crippen molar-refractivity contribution in [3.05, 3.63) is 28.1 Å². The minimum absolute atomic E-state index is 0.0707. The zero-order valence-electron chi connectivity index (χ0n) is 12.7. The third kappa shape index (κ3) is 3.58. The van der Waals surface area contributed by atoms with Crippen molar-refractivity contribution in [2.24, 2.45) is 0 Å². The molecule has 23 heavy (non-hydrogen) atoms. The number of likely N-dealkylation sites (tertiary alicyclic amines) is 1. The summed E-state index contributed by atoms with van der Waals surface area (Å²) in [5.74, 6) is -0.223.